The number of benzene rings is 2. The van der Waals surface area contributed by atoms with Gasteiger partial charge in [0.15, 0.2) is 5.60 Å². The van der Waals surface area contributed by atoms with Gasteiger partial charge in [0.2, 0.25) is 11.8 Å². The average molecular weight is 547 g/mol. The summed E-state index contributed by atoms with van der Waals surface area (Å²) in [5, 5.41) is 27.9. The van der Waals surface area contributed by atoms with Crippen LogP contribution in [0.2, 0.25) is 0 Å². The highest BCUT2D eigenvalue weighted by Crippen LogP contribution is 2.49. The Balaban J connectivity index is 1.41. The molecule has 2 aromatic rings. The van der Waals surface area contributed by atoms with Crippen molar-refractivity contribution in [1.82, 2.24) is 10.2 Å². The lowest BCUT2D eigenvalue weighted by atomic mass is 9.82. The van der Waals surface area contributed by atoms with E-state index in [1.165, 1.54) is 4.90 Å². The molecule has 2 aromatic carbocycles. The number of carbonyl (C=O) groups excluding carboxylic acids is 3. The average Bonchev–Trinajstić information content (AvgIpc) is 3.55. The predicted octanol–water partition coefficient (Wildman–Crippen LogP) is 3.06. The predicted molar refractivity (Wildman–Crippen MR) is 153 cm³/mol. The molecule has 5 rings (SSSR count). The third-order valence-corrected chi connectivity index (χ3v) is 8.41. The number of nitrogens with zero attached hydrogens (tertiary/aromatic N) is 2. The maximum absolute atomic E-state index is 13.9. The Morgan fingerprint density at radius 1 is 1.18 bits per heavy atom. The van der Waals surface area contributed by atoms with Crippen molar-refractivity contribution < 1.29 is 24.6 Å². The number of hydrogen-bond donors (Lipinski definition) is 4. The number of rotatable bonds is 8. The SMILES string of the molecule is C[C@H](/C=C/CC(=O)N1CCC[C@H]1CO)[C@@]1(O)C(=O)N(c2ccccc2)c2ccc(NC(=O)C3CCCNC3)cc21. The number of aliphatic hydroxyl groups is 2. The van der Waals surface area contributed by atoms with E-state index in [0.717, 1.165) is 32.2 Å². The molecule has 3 aliphatic rings. The third-order valence-electron chi connectivity index (χ3n) is 8.41. The Morgan fingerprint density at radius 2 is 1.98 bits per heavy atom. The Hall–Kier alpha value is -3.53. The summed E-state index contributed by atoms with van der Waals surface area (Å²) in [5.74, 6) is -1.46. The Bertz CT molecular complexity index is 1280. The molecule has 2 fully saturated rings. The van der Waals surface area contributed by atoms with Gasteiger partial charge in [-0.05, 0) is 62.6 Å². The van der Waals surface area contributed by atoms with Crippen LogP contribution in [0.3, 0.4) is 0 Å². The molecule has 0 radical (unpaired) electrons. The number of hydrogen-bond acceptors (Lipinski definition) is 6. The largest absolute Gasteiger partial charge is 0.394 e. The molecule has 1 unspecified atom stereocenters. The summed E-state index contributed by atoms with van der Waals surface area (Å²) in [4.78, 5) is 42.8. The molecule has 0 saturated carbocycles. The molecule has 0 aromatic heterocycles. The van der Waals surface area contributed by atoms with E-state index >= 15 is 0 Å². The molecule has 0 spiro atoms. The van der Waals surface area contributed by atoms with Crippen molar-refractivity contribution in [1.29, 1.82) is 0 Å². The molecule has 212 valence electrons. The van der Waals surface area contributed by atoms with Crippen LogP contribution in [0.15, 0.2) is 60.7 Å². The third kappa shape index (κ3) is 5.29. The zero-order chi connectivity index (χ0) is 28.3. The van der Waals surface area contributed by atoms with E-state index in [1.54, 1.807) is 42.2 Å². The molecule has 0 aliphatic carbocycles. The van der Waals surface area contributed by atoms with Crippen molar-refractivity contribution in [2.24, 2.45) is 11.8 Å². The summed E-state index contributed by atoms with van der Waals surface area (Å²) < 4.78 is 0. The minimum Gasteiger partial charge on any atom is -0.394 e. The first-order chi connectivity index (χ1) is 19.3. The summed E-state index contributed by atoms with van der Waals surface area (Å²) in [6.07, 6.45) is 6.92. The fourth-order valence-corrected chi connectivity index (χ4v) is 6.09. The van der Waals surface area contributed by atoms with Crippen molar-refractivity contribution in [3.63, 3.8) is 0 Å². The highest BCUT2D eigenvalue weighted by Gasteiger charge is 2.53. The van der Waals surface area contributed by atoms with E-state index in [9.17, 15) is 24.6 Å². The topological polar surface area (TPSA) is 122 Å². The summed E-state index contributed by atoms with van der Waals surface area (Å²) >= 11 is 0. The monoisotopic (exact) mass is 546 g/mol. The fraction of sp³-hybridized carbons (Fsp3) is 0.452. The molecular formula is C31H38N4O5. The molecule has 9 nitrogen and oxygen atoms in total. The molecule has 40 heavy (non-hydrogen) atoms. The molecule has 3 amide bonds. The van der Waals surface area contributed by atoms with Gasteiger partial charge in [0.1, 0.15) is 0 Å². The van der Waals surface area contributed by atoms with Crippen LogP contribution in [-0.2, 0) is 20.0 Å². The summed E-state index contributed by atoms with van der Waals surface area (Å²) in [6.45, 7) is 3.85. The second-order valence-corrected chi connectivity index (χ2v) is 11.0. The first-order valence-corrected chi connectivity index (χ1v) is 14.2. The lowest BCUT2D eigenvalue weighted by molar-refractivity contribution is -0.138. The zero-order valence-corrected chi connectivity index (χ0v) is 22.9. The smallest absolute Gasteiger partial charge is 0.268 e. The number of carbonyl (C=O) groups is 3. The van der Waals surface area contributed by atoms with E-state index in [1.807, 2.05) is 30.3 Å². The number of nitrogens with one attached hydrogen (secondary N) is 2. The summed E-state index contributed by atoms with van der Waals surface area (Å²) in [7, 11) is 0. The second-order valence-electron chi connectivity index (χ2n) is 11.0. The number of anilines is 3. The highest BCUT2D eigenvalue weighted by molar-refractivity contribution is 6.12. The Labute approximate surface area is 234 Å². The van der Waals surface area contributed by atoms with Crippen LogP contribution in [0.4, 0.5) is 17.1 Å². The van der Waals surface area contributed by atoms with Crippen molar-refractivity contribution in [2.75, 3.05) is 36.5 Å². The number of para-hydroxylation sites is 1. The normalized spacial score (nSPS) is 25.3. The van der Waals surface area contributed by atoms with Gasteiger partial charge in [-0.25, -0.2) is 0 Å². The van der Waals surface area contributed by atoms with E-state index in [4.69, 9.17) is 0 Å². The molecule has 4 atom stereocenters. The van der Waals surface area contributed by atoms with E-state index in [0.29, 0.717) is 35.7 Å². The molecule has 2 saturated heterocycles. The maximum atomic E-state index is 13.9. The van der Waals surface area contributed by atoms with Crippen LogP contribution in [-0.4, -0.2) is 65.1 Å². The second kappa shape index (κ2) is 11.9. The van der Waals surface area contributed by atoms with Gasteiger partial charge in [-0.1, -0.05) is 37.3 Å². The van der Waals surface area contributed by atoms with E-state index in [2.05, 4.69) is 10.6 Å². The van der Waals surface area contributed by atoms with Crippen LogP contribution in [0.1, 0.15) is 44.6 Å². The van der Waals surface area contributed by atoms with E-state index < -0.39 is 17.4 Å². The molecule has 4 N–H and O–H groups in total. The van der Waals surface area contributed by atoms with Gasteiger partial charge in [-0.15, -0.1) is 0 Å². The lowest BCUT2D eigenvalue weighted by Gasteiger charge is -2.28. The van der Waals surface area contributed by atoms with Gasteiger partial charge in [0.05, 0.1) is 24.3 Å². The summed E-state index contributed by atoms with van der Waals surface area (Å²) in [6, 6.07) is 14.2. The number of aliphatic hydroxyl groups excluding tert-OH is 1. The maximum Gasteiger partial charge on any atom is 0.268 e. The van der Waals surface area contributed by atoms with Crippen LogP contribution < -0.4 is 15.5 Å². The van der Waals surface area contributed by atoms with Crippen molar-refractivity contribution in [3.05, 3.63) is 66.2 Å². The quantitative estimate of drug-likeness (QED) is 0.378. The standard InChI is InChI=1S/C31H38N4O5/c1-21(8-5-13-28(37)34-17-7-12-25(34)20-36)31(40)26-18-23(33-29(38)22-9-6-16-32-19-22)14-15-27(26)35(30(31)39)24-10-3-2-4-11-24/h2-5,8,10-11,14-15,18,21-22,25,32,36,40H,6-7,9,12-13,16-17,19-20H2,1H3,(H,33,38)/b8-5+/t21-,22?,25+,31+/m1/s1. The van der Waals surface area contributed by atoms with Crippen LogP contribution in [0.5, 0.6) is 0 Å². The van der Waals surface area contributed by atoms with Gasteiger partial charge in [0.25, 0.3) is 5.91 Å². The Kier molecular flexibility index (Phi) is 8.35. The summed E-state index contributed by atoms with van der Waals surface area (Å²) in [5.41, 5.74) is 0.203. The van der Waals surface area contributed by atoms with Gasteiger partial charge >= 0.3 is 0 Å². The van der Waals surface area contributed by atoms with E-state index in [-0.39, 0.29) is 36.8 Å². The first-order valence-electron chi connectivity index (χ1n) is 14.2. The van der Waals surface area contributed by atoms with Gasteiger partial charge < -0.3 is 25.7 Å². The zero-order valence-electron chi connectivity index (χ0n) is 22.9. The molecule has 3 heterocycles. The molecular weight excluding hydrogens is 508 g/mol. The van der Waals surface area contributed by atoms with Crippen molar-refractivity contribution in [3.8, 4) is 0 Å². The van der Waals surface area contributed by atoms with Crippen LogP contribution in [0.25, 0.3) is 0 Å². The lowest BCUT2D eigenvalue weighted by Crippen LogP contribution is -2.43. The molecule has 3 aliphatic heterocycles. The first kappa shape index (κ1) is 28.0. The number of likely N-dealkylation sites (tertiary alicyclic amines) is 1. The molecule has 0 bridgehead atoms. The molecule has 9 heteroatoms. The van der Waals surface area contributed by atoms with Crippen LogP contribution >= 0.6 is 0 Å². The van der Waals surface area contributed by atoms with Gasteiger partial charge in [0, 0.05) is 42.4 Å². The number of fused-ring (bicyclic) bond motifs is 1. The van der Waals surface area contributed by atoms with Gasteiger partial charge in [-0.3, -0.25) is 19.3 Å². The van der Waals surface area contributed by atoms with Crippen molar-refractivity contribution in [2.45, 2.75) is 50.7 Å². The van der Waals surface area contributed by atoms with Gasteiger partial charge in [-0.2, -0.15) is 0 Å². The minimum atomic E-state index is -1.90. The van der Waals surface area contributed by atoms with Crippen molar-refractivity contribution >= 4 is 34.8 Å². The fourth-order valence-electron chi connectivity index (χ4n) is 6.09. The van der Waals surface area contributed by atoms with Crippen LogP contribution in [0, 0.1) is 11.8 Å². The Morgan fingerprint density at radius 3 is 2.70 bits per heavy atom. The highest BCUT2D eigenvalue weighted by atomic mass is 16.3. The number of piperidine rings is 1. The number of amides is 3. The minimum absolute atomic E-state index is 0.0532.